The van der Waals surface area contributed by atoms with E-state index in [2.05, 4.69) is 15.3 Å². The van der Waals surface area contributed by atoms with Gasteiger partial charge < -0.3 is 15.2 Å². The molecule has 8 nitrogen and oxygen atoms in total. The number of imide groups is 1. The molecule has 176 valence electrons. The minimum Gasteiger partial charge on any atom is -0.342 e. The maximum atomic E-state index is 13.5. The summed E-state index contributed by atoms with van der Waals surface area (Å²) in [5.41, 5.74) is 0.176. The lowest BCUT2D eigenvalue weighted by Crippen LogP contribution is -2.48. The third kappa shape index (κ3) is 4.21. The fraction of sp³-hybridized carbons (Fsp3) is 0.478. The lowest BCUT2D eigenvalue weighted by atomic mass is 9.93. The molecule has 0 saturated carbocycles. The number of likely N-dealkylation sites (tertiary alicyclic amines) is 1. The van der Waals surface area contributed by atoms with Crippen LogP contribution in [0.4, 0.5) is 13.6 Å². The average molecular weight is 459 g/mol. The van der Waals surface area contributed by atoms with Crippen molar-refractivity contribution < 1.29 is 23.2 Å². The Morgan fingerprint density at radius 3 is 2.45 bits per heavy atom. The maximum absolute atomic E-state index is 13.5. The first-order valence-electron chi connectivity index (χ1n) is 11.2. The molecule has 4 rings (SSSR count). The number of hydrogen-bond donors (Lipinski definition) is 2. The molecule has 2 aliphatic heterocycles. The van der Waals surface area contributed by atoms with E-state index in [9.17, 15) is 23.2 Å². The zero-order valence-corrected chi connectivity index (χ0v) is 18.7. The summed E-state index contributed by atoms with van der Waals surface area (Å²) in [6, 6.07) is 3.16. The molecule has 2 aromatic rings. The number of aromatic amines is 1. The minimum atomic E-state index is -0.922. The predicted molar refractivity (Wildman–Crippen MR) is 116 cm³/mol. The van der Waals surface area contributed by atoms with Crippen molar-refractivity contribution >= 4 is 17.8 Å². The first-order chi connectivity index (χ1) is 15.8. The van der Waals surface area contributed by atoms with Gasteiger partial charge in [-0.1, -0.05) is 13.8 Å². The second-order valence-corrected chi connectivity index (χ2v) is 8.58. The SMILES string of the molecule is CCC1(CC)NC(=O)N(CC(=O)N2CCC(c3ncc(-c4ccc(F)c(F)c4)[nH]3)CC2)C1=O. The van der Waals surface area contributed by atoms with Crippen molar-refractivity contribution in [3.8, 4) is 11.3 Å². The van der Waals surface area contributed by atoms with Crippen molar-refractivity contribution in [2.24, 2.45) is 0 Å². The maximum Gasteiger partial charge on any atom is 0.325 e. The van der Waals surface area contributed by atoms with E-state index in [1.54, 1.807) is 11.1 Å². The summed E-state index contributed by atoms with van der Waals surface area (Å²) in [5.74, 6) is -1.62. The van der Waals surface area contributed by atoms with Crippen molar-refractivity contribution in [2.45, 2.75) is 51.0 Å². The van der Waals surface area contributed by atoms with Gasteiger partial charge in [-0.15, -0.1) is 0 Å². The molecule has 1 aromatic heterocycles. The van der Waals surface area contributed by atoms with Crippen LogP contribution in [0.5, 0.6) is 0 Å². The highest BCUT2D eigenvalue weighted by atomic mass is 19.2. The Morgan fingerprint density at radius 1 is 1.15 bits per heavy atom. The monoisotopic (exact) mass is 459 g/mol. The van der Waals surface area contributed by atoms with Crippen LogP contribution >= 0.6 is 0 Å². The Morgan fingerprint density at radius 2 is 1.85 bits per heavy atom. The van der Waals surface area contributed by atoms with Gasteiger partial charge in [0, 0.05) is 24.6 Å². The molecule has 2 N–H and O–H groups in total. The van der Waals surface area contributed by atoms with Gasteiger partial charge in [0.1, 0.15) is 17.9 Å². The van der Waals surface area contributed by atoms with Crippen LogP contribution in [0.3, 0.4) is 0 Å². The van der Waals surface area contributed by atoms with E-state index in [1.807, 2.05) is 13.8 Å². The normalized spacial score (nSPS) is 18.7. The first-order valence-corrected chi connectivity index (χ1v) is 11.2. The number of amides is 4. The third-order valence-corrected chi connectivity index (χ3v) is 6.81. The van der Waals surface area contributed by atoms with Crippen molar-refractivity contribution in [2.75, 3.05) is 19.6 Å². The third-order valence-electron chi connectivity index (χ3n) is 6.81. The minimum absolute atomic E-state index is 0.0812. The van der Waals surface area contributed by atoms with E-state index < -0.39 is 23.2 Å². The number of halogens is 2. The van der Waals surface area contributed by atoms with Crippen molar-refractivity contribution in [3.05, 3.63) is 41.9 Å². The van der Waals surface area contributed by atoms with E-state index in [4.69, 9.17) is 0 Å². The Labute approximate surface area is 190 Å². The molecule has 33 heavy (non-hydrogen) atoms. The molecular weight excluding hydrogens is 432 g/mol. The molecule has 1 aromatic carbocycles. The van der Waals surface area contributed by atoms with Gasteiger partial charge >= 0.3 is 6.03 Å². The number of piperidine rings is 1. The van der Waals surface area contributed by atoms with Gasteiger partial charge in [-0.3, -0.25) is 14.5 Å². The summed E-state index contributed by atoms with van der Waals surface area (Å²) in [4.78, 5) is 48.1. The number of carbonyl (C=O) groups is 3. The Bertz CT molecular complexity index is 1070. The number of aromatic nitrogens is 2. The summed E-state index contributed by atoms with van der Waals surface area (Å²) in [5, 5.41) is 2.74. The highest BCUT2D eigenvalue weighted by molar-refractivity contribution is 6.09. The molecule has 0 spiro atoms. The number of rotatable bonds is 6. The van der Waals surface area contributed by atoms with Gasteiger partial charge in [-0.05, 0) is 43.9 Å². The molecule has 0 unspecified atom stereocenters. The largest absolute Gasteiger partial charge is 0.342 e. The number of nitrogens with one attached hydrogen (secondary N) is 2. The number of carbonyl (C=O) groups excluding carboxylic acids is 3. The molecule has 0 aliphatic carbocycles. The molecule has 3 heterocycles. The Balaban J connectivity index is 1.35. The van der Waals surface area contributed by atoms with E-state index >= 15 is 0 Å². The molecule has 10 heteroatoms. The zero-order chi connectivity index (χ0) is 23.8. The van der Waals surface area contributed by atoms with E-state index in [0.29, 0.717) is 50.0 Å². The molecule has 2 aliphatic rings. The summed E-state index contributed by atoms with van der Waals surface area (Å²) in [6.45, 7) is 4.36. The number of H-pyrrole nitrogens is 1. The second kappa shape index (κ2) is 8.92. The van der Waals surface area contributed by atoms with Gasteiger partial charge in [-0.25, -0.2) is 18.6 Å². The van der Waals surface area contributed by atoms with Gasteiger partial charge in [0.05, 0.1) is 11.9 Å². The number of benzene rings is 1. The Kier molecular flexibility index (Phi) is 6.18. The molecule has 0 atom stereocenters. The van der Waals surface area contributed by atoms with Gasteiger partial charge in [0.15, 0.2) is 11.6 Å². The number of hydrogen-bond acceptors (Lipinski definition) is 4. The summed E-state index contributed by atoms with van der Waals surface area (Å²) in [7, 11) is 0. The highest BCUT2D eigenvalue weighted by Gasteiger charge is 2.49. The van der Waals surface area contributed by atoms with Gasteiger partial charge in [-0.2, -0.15) is 0 Å². The van der Waals surface area contributed by atoms with Gasteiger partial charge in [0.25, 0.3) is 5.91 Å². The van der Waals surface area contributed by atoms with Crippen LogP contribution in [0.1, 0.15) is 51.3 Å². The van der Waals surface area contributed by atoms with Crippen LogP contribution in [0.2, 0.25) is 0 Å². The number of urea groups is 1. The van der Waals surface area contributed by atoms with E-state index in [1.165, 1.54) is 6.07 Å². The summed E-state index contributed by atoms with van der Waals surface area (Å²) < 4.78 is 26.7. The van der Waals surface area contributed by atoms with Gasteiger partial charge in [0.2, 0.25) is 5.91 Å². The molecule has 0 bridgehead atoms. The van der Waals surface area contributed by atoms with Crippen LogP contribution < -0.4 is 5.32 Å². The van der Waals surface area contributed by atoms with E-state index in [-0.39, 0.29) is 24.3 Å². The zero-order valence-electron chi connectivity index (χ0n) is 18.7. The number of nitrogens with zero attached hydrogens (tertiary/aromatic N) is 3. The standard InChI is InChI=1S/C23H27F2N5O3/c1-3-23(4-2)21(32)30(22(33)28-23)13-19(31)29-9-7-14(8-10-29)20-26-12-18(27-20)15-5-6-16(24)17(25)11-15/h5-6,11-12,14H,3-4,7-10,13H2,1-2H3,(H,26,27)(H,28,33). The molecule has 0 radical (unpaired) electrons. The quantitative estimate of drug-likeness (QED) is 0.649. The van der Waals surface area contributed by atoms with Crippen LogP contribution in [0.15, 0.2) is 24.4 Å². The first kappa shape index (κ1) is 22.9. The second-order valence-electron chi connectivity index (χ2n) is 8.58. The molecule has 4 amide bonds. The summed E-state index contributed by atoms with van der Waals surface area (Å²) in [6.07, 6.45) is 3.85. The molecule has 2 fully saturated rings. The van der Waals surface area contributed by atoms with Crippen molar-refractivity contribution in [1.29, 1.82) is 0 Å². The fourth-order valence-corrected chi connectivity index (χ4v) is 4.54. The topological polar surface area (TPSA) is 98.4 Å². The number of imidazole rings is 1. The lowest BCUT2D eigenvalue weighted by Gasteiger charge is -2.32. The molecular formula is C23H27F2N5O3. The van der Waals surface area contributed by atoms with Crippen LogP contribution in [0.25, 0.3) is 11.3 Å². The van der Waals surface area contributed by atoms with Crippen molar-refractivity contribution in [1.82, 2.24) is 25.1 Å². The van der Waals surface area contributed by atoms with Crippen LogP contribution in [-0.2, 0) is 9.59 Å². The van der Waals surface area contributed by atoms with Crippen LogP contribution in [-0.4, -0.2) is 62.8 Å². The smallest absolute Gasteiger partial charge is 0.325 e. The molecule has 2 saturated heterocycles. The van der Waals surface area contributed by atoms with E-state index in [0.717, 1.165) is 22.9 Å². The lowest BCUT2D eigenvalue weighted by molar-refractivity contribution is -0.139. The van der Waals surface area contributed by atoms with Crippen LogP contribution in [0, 0.1) is 11.6 Å². The highest BCUT2D eigenvalue weighted by Crippen LogP contribution is 2.29. The summed E-state index contributed by atoms with van der Waals surface area (Å²) >= 11 is 0. The van der Waals surface area contributed by atoms with Crippen molar-refractivity contribution in [3.63, 3.8) is 0 Å². The Hall–Kier alpha value is -3.30. The fourth-order valence-electron chi connectivity index (χ4n) is 4.54. The average Bonchev–Trinajstić information content (AvgIpc) is 3.40. The predicted octanol–water partition coefficient (Wildman–Crippen LogP) is 3.17.